The van der Waals surface area contributed by atoms with E-state index in [-0.39, 0.29) is 5.97 Å². The number of aryl methyl sites for hydroxylation is 1. The van der Waals surface area contributed by atoms with Gasteiger partial charge in [0.05, 0.1) is 17.7 Å². The number of ether oxygens (including phenoxy) is 1. The lowest BCUT2D eigenvalue weighted by molar-refractivity contribution is -0.146. The van der Waals surface area contributed by atoms with Gasteiger partial charge in [-0.25, -0.2) is 0 Å². The fraction of sp³-hybridized carbons (Fsp3) is 0.290. The van der Waals surface area contributed by atoms with Crippen molar-refractivity contribution in [2.75, 3.05) is 12.4 Å². The molecule has 5 heteroatoms. The first kappa shape index (κ1) is 24.4. The summed E-state index contributed by atoms with van der Waals surface area (Å²) in [7, 11) is 0. The number of carbonyl (C=O) groups excluding carboxylic acids is 1. The molecule has 5 rings (SSSR count). The van der Waals surface area contributed by atoms with Crippen molar-refractivity contribution in [3.63, 3.8) is 0 Å². The molecule has 1 saturated carbocycles. The number of nitrogens with zero attached hydrogens (tertiary/aromatic N) is 1. The van der Waals surface area contributed by atoms with Gasteiger partial charge < -0.3 is 9.26 Å². The third-order valence-electron chi connectivity index (χ3n) is 6.93. The number of hydrogen-bond donors (Lipinski definition) is 0. The second-order valence-electron chi connectivity index (χ2n) is 9.32. The molecule has 4 aromatic rings. The lowest BCUT2D eigenvalue weighted by Gasteiger charge is -2.14. The summed E-state index contributed by atoms with van der Waals surface area (Å²) in [6.07, 6.45) is 2.65. The highest BCUT2D eigenvalue weighted by molar-refractivity contribution is 7.98. The van der Waals surface area contributed by atoms with Gasteiger partial charge in [0.25, 0.3) is 0 Å². The van der Waals surface area contributed by atoms with Crippen LogP contribution in [-0.2, 0) is 27.1 Å². The highest BCUT2D eigenvalue weighted by Gasteiger charge is 2.52. The summed E-state index contributed by atoms with van der Waals surface area (Å²) >= 11 is 1.93. The Morgan fingerprint density at radius 1 is 0.944 bits per heavy atom. The van der Waals surface area contributed by atoms with Crippen LogP contribution in [0.15, 0.2) is 83.4 Å². The summed E-state index contributed by atoms with van der Waals surface area (Å²) in [4.78, 5) is 12.4. The number of benzene rings is 3. The van der Waals surface area contributed by atoms with Crippen LogP contribution < -0.4 is 0 Å². The summed E-state index contributed by atoms with van der Waals surface area (Å²) in [5.74, 6) is 2.79. The molecule has 3 aromatic carbocycles. The van der Waals surface area contributed by atoms with E-state index in [1.165, 1.54) is 11.1 Å². The highest BCUT2D eigenvalue weighted by atomic mass is 32.2. The van der Waals surface area contributed by atoms with Gasteiger partial charge in [0.15, 0.2) is 5.76 Å². The van der Waals surface area contributed by atoms with Crippen molar-refractivity contribution in [2.24, 2.45) is 0 Å². The van der Waals surface area contributed by atoms with E-state index in [0.29, 0.717) is 6.61 Å². The summed E-state index contributed by atoms with van der Waals surface area (Å²) < 4.78 is 11.0. The molecule has 0 radical (unpaired) electrons. The van der Waals surface area contributed by atoms with Crippen LogP contribution in [0.2, 0.25) is 0 Å². The van der Waals surface area contributed by atoms with E-state index in [2.05, 4.69) is 84.0 Å². The Morgan fingerprint density at radius 3 is 2.22 bits per heavy atom. The van der Waals surface area contributed by atoms with E-state index in [1.54, 1.807) is 0 Å². The van der Waals surface area contributed by atoms with Crippen LogP contribution in [0.4, 0.5) is 0 Å². The maximum absolute atomic E-state index is 12.4. The van der Waals surface area contributed by atoms with Crippen LogP contribution in [0.3, 0.4) is 0 Å². The van der Waals surface area contributed by atoms with Gasteiger partial charge in [0.2, 0.25) is 0 Å². The minimum absolute atomic E-state index is 0.0984. The molecule has 1 aliphatic rings. The fourth-order valence-electron chi connectivity index (χ4n) is 4.65. The molecule has 184 valence electrons. The Balaban J connectivity index is 1.25. The predicted octanol–water partition coefficient (Wildman–Crippen LogP) is 7.39. The van der Waals surface area contributed by atoms with E-state index in [0.717, 1.165) is 64.5 Å². The Bertz CT molecular complexity index is 1310. The molecule has 4 nitrogen and oxygen atoms in total. The van der Waals surface area contributed by atoms with Crippen molar-refractivity contribution < 1.29 is 14.1 Å². The van der Waals surface area contributed by atoms with Gasteiger partial charge in [-0.15, -0.1) is 0 Å². The molecular weight excluding hydrogens is 466 g/mol. The SMILES string of the molecule is CCOC(=O)C1(c2ccc(-c3ccc(-c4onc(C)c4CCSCc4ccccc4)cc3)cc2)CC1. The van der Waals surface area contributed by atoms with Gasteiger partial charge in [-0.2, -0.15) is 11.8 Å². The van der Waals surface area contributed by atoms with E-state index < -0.39 is 5.41 Å². The zero-order valence-electron chi connectivity index (χ0n) is 20.8. The molecule has 0 N–H and O–H groups in total. The molecule has 1 aliphatic carbocycles. The highest BCUT2D eigenvalue weighted by Crippen LogP contribution is 2.49. The lowest BCUT2D eigenvalue weighted by atomic mass is 9.93. The second kappa shape index (κ2) is 10.8. The second-order valence-corrected chi connectivity index (χ2v) is 10.4. The molecular formula is C31H31NO3S. The summed E-state index contributed by atoms with van der Waals surface area (Å²) in [6.45, 7) is 4.29. The molecule has 0 saturated heterocycles. The number of esters is 1. The van der Waals surface area contributed by atoms with Gasteiger partial charge >= 0.3 is 5.97 Å². The maximum atomic E-state index is 12.4. The van der Waals surface area contributed by atoms with Gasteiger partial charge in [0, 0.05) is 16.9 Å². The monoisotopic (exact) mass is 497 g/mol. The fourth-order valence-corrected chi connectivity index (χ4v) is 5.57. The molecule has 0 atom stereocenters. The minimum atomic E-state index is -0.432. The number of aromatic nitrogens is 1. The number of carbonyl (C=O) groups is 1. The molecule has 1 heterocycles. The summed E-state index contributed by atoms with van der Waals surface area (Å²) in [6, 6.07) is 27.3. The van der Waals surface area contributed by atoms with E-state index in [9.17, 15) is 4.79 Å². The normalized spacial score (nSPS) is 13.9. The predicted molar refractivity (Wildman–Crippen MR) is 146 cm³/mol. The molecule has 0 aliphatic heterocycles. The molecule has 0 spiro atoms. The Labute approximate surface area is 217 Å². The van der Waals surface area contributed by atoms with Crippen LogP contribution in [0.5, 0.6) is 0 Å². The van der Waals surface area contributed by atoms with Crippen LogP contribution >= 0.6 is 11.8 Å². The van der Waals surface area contributed by atoms with Crippen LogP contribution in [-0.4, -0.2) is 23.5 Å². The standard InChI is InChI=1S/C31H31NO3S/c1-3-34-30(33)31(18-19-31)27-15-13-25(14-16-27)24-9-11-26(12-10-24)29-28(22(2)32-35-29)17-20-36-21-23-7-5-4-6-8-23/h4-16H,3,17-21H2,1-2H3. The van der Waals surface area contributed by atoms with Crippen LogP contribution in [0.1, 0.15) is 42.1 Å². The molecule has 0 bridgehead atoms. The number of hydrogen-bond acceptors (Lipinski definition) is 5. The first-order valence-corrected chi connectivity index (χ1v) is 13.7. The number of thioether (sulfide) groups is 1. The van der Waals surface area contributed by atoms with Crippen molar-refractivity contribution in [1.82, 2.24) is 5.16 Å². The van der Waals surface area contributed by atoms with Crippen molar-refractivity contribution >= 4 is 17.7 Å². The van der Waals surface area contributed by atoms with E-state index in [1.807, 2.05) is 25.6 Å². The van der Waals surface area contributed by atoms with Gasteiger partial charge in [-0.1, -0.05) is 84.0 Å². The Kier molecular flexibility index (Phi) is 7.28. The summed E-state index contributed by atoms with van der Waals surface area (Å²) in [5.41, 5.74) is 7.40. The van der Waals surface area contributed by atoms with Gasteiger partial charge in [-0.3, -0.25) is 4.79 Å². The average molecular weight is 498 g/mol. The van der Waals surface area contributed by atoms with E-state index >= 15 is 0 Å². The van der Waals surface area contributed by atoms with Crippen molar-refractivity contribution in [1.29, 1.82) is 0 Å². The zero-order chi connectivity index (χ0) is 25.0. The van der Waals surface area contributed by atoms with Crippen LogP contribution in [0.25, 0.3) is 22.5 Å². The van der Waals surface area contributed by atoms with Crippen molar-refractivity contribution in [3.05, 3.63) is 101 Å². The molecule has 1 fully saturated rings. The van der Waals surface area contributed by atoms with Crippen molar-refractivity contribution in [2.45, 2.75) is 44.3 Å². The third-order valence-corrected chi connectivity index (χ3v) is 7.96. The Morgan fingerprint density at radius 2 is 1.58 bits per heavy atom. The minimum Gasteiger partial charge on any atom is -0.465 e. The lowest BCUT2D eigenvalue weighted by Crippen LogP contribution is -2.23. The van der Waals surface area contributed by atoms with E-state index in [4.69, 9.17) is 9.26 Å². The first-order chi connectivity index (χ1) is 17.6. The Hall–Kier alpha value is -3.31. The zero-order valence-corrected chi connectivity index (χ0v) is 21.6. The molecule has 1 aromatic heterocycles. The molecule has 36 heavy (non-hydrogen) atoms. The van der Waals surface area contributed by atoms with Gasteiger partial charge in [-0.05, 0) is 61.1 Å². The first-order valence-electron chi connectivity index (χ1n) is 12.6. The third kappa shape index (κ3) is 5.12. The van der Waals surface area contributed by atoms with Gasteiger partial charge in [0.1, 0.15) is 0 Å². The quantitative estimate of drug-likeness (QED) is 0.169. The van der Waals surface area contributed by atoms with Crippen molar-refractivity contribution in [3.8, 4) is 22.5 Å². The summed E-state index contributed by atoms with van der Waals surface area (Å²) in [5, 5.41) is 4.25. The number of rotatable bonds is 10. The molecule has 0 amide bonds. The largest absolute Gasteiger partial charge is 0.465 e. The molecule has 0 unspecified atom stereocenters. The van der Waals surface area contributed by atoms with Crippen LogP contribution in [0, 0.1) is 6.92 Å². The topological polar surface area (TPSA) is 52.3 Å². The smallest absolute Gasteiger partial charge is 0.316 e. The average Bonchev–Trinajstić information content (AvgIpc) is 3.66. The maximum Gasteiger partial charge on any atom is 0.316 e.